The number of nitrogens with one attached hydrogen (secondary N) is 2. The topological polar surface area (TPSA) is 76.4 Å². The zero-order valence-electron chi connectivity index (χ0n) is 15.7. The summed E-state index contributed by atoms with van der Waals surface area (Å²) < 4.78 is 7.24. The van der Waals surface area contributed by atoms with E-state index in [1.165, 1.54) is 5.56 Å². The highest BCUT2D eigenvalue weighted by Gasteiger charge is 2.02. The molecule has 2 rings (SSSR count). The van der Waals surface area contributed by atoms with Crippen LogP contribution >= 0.6 is 24.0 Å². The van der Waals surface area contributed by atoms with Crippen LogP contribution in [0.25, 0.3) is 0 Å². The third-order valence-corrected chi connectivity index (χ3v) is 3.83. The molecule has 144 valence electrons. The fourth-order valence-corrected chi connectivity index (χ4v) is 2.46. The lowest BCUT2D eigenvalue weighted by Gasteiger charge is -2.12. The van der Waals surface area contributed by atoms with E-state index in [4.69, 9.17) is 4.74 Å². The molecular weight excluding hydrogens is 443 g/mol. The Labute approximate surface area is 172 Å². The van der Waals surface area contributed by atoms with E-state index in [1.54, 1.807) is 13.4 Å². The lowest BCUT2D eigenvalue weighted by Crippen LogP contribution is -2.39. The molecule has 26 heavy (non-hydrogen) atoms. The molecule has 0 unspecified atom stereocenters. The number of aliphatic imine (C=N–C) groups is 1. The molecule has 1 aromatic heterocycles. The second-order valence-electron chi connectivity index (χ2n) is 5.58. The lowest BCUT2D eigenvalue weighted by atomic mass is 10.1. The van der Waals surface area contributed by atoms with E-state index < -0.39 is 0 Å². The normalized spacial score (nSPS) is 11.0. The number of hydrogen-bond acceptors (Lipinski definition) is 4. The molecule has 2 aromatic rings. The second-order valence-corrected chi connectivity index (χ2v) is 5.58. The number of hydrogen-bond donors (Lipinski definition) is 2. The molecule has 2 N–H and O–H groups in total. The first-order chi connectivity index (χ1) is 12.3. The molecule has 0 spiro atoms. The third-order valence-electron chi connectivity index (χ3n) is 3.83. The Bertz CT molecular complexity index is 656. The highest BCUT2D eigenvalue weighted by Crippen LogP contribution is 2.11. The van der Waals surface area contributed by atoms with Crippen molar-refractivity contribution in [2.75, 3.05) is 26.7 Å². The van der Waals surface area contributed by atoms with Gasteiger partial charge in [-0.2, -0.15) is 0 Å². The van der Waals surface area contributed by atoms with E-state index in [2.05, 4.69) is 56.4 Å². The van der Waals surface area contributed by atoms with E-state index in [9.17, 15) is 0 Å². The lowest BCUT2D eigenvalue weighted by molar-refractivity contribution is 0.414. The Morgan fingerprint density at radius 3 is 2.62 bits per heavy atom. The van der Waals surface area contributed by atoms with Gasteiger partial charge in [0.05, 0.1) is 7.11 Å². The molecule has 0 saturated heterocycles. The summed E-state index contributed by atoms with van der Waals surface area (Å²) in [6, 6.07) is 8.11. The van der Waals surface area contributed by atoms with Crippen LogP contribution in [0.4, 0.5) is 0 Å². The fraction of sp³-hybridized carbons (Fsp3) is 0.500. The van der Waals surface area contributed by atoms with Gasteiger partial charge in [-0.1, -0.05) is 19.1 Å². The molecular formula is C18H29IN6O. The van der Waals surface area contributed by atoms with Crippen molar-refractivity contribution in [3.63, 3.8) is 0 Å². The van der Waals surface area contributed by atoms with Crippen molar-refractivity contribution in [3.8, 4) is 5.75 Å². The zero-order chi connectivity index (χ0) is 17.9. The summed E-state index contributed by atoms with van der Waals surface area (Å²) in [5.74, 6) is 2.72. The molecule has 1 heterocycles. The molecule has 0 atom stereocenters. The van der Waals surface area contributed by atoms with Gasteiger partial charge >= 0.3 is 0 Å². The summed E-state index contributed by atoms with van der Waals surface area (Å²) in [4.78, 5) is 4.64. The minimum Gasteiger partial charge on any atom is -0.497 e. The number of methoxy groups -OCH3 is 1. The maximum Gasteiger partial charge on any atom is 0.191 e. The number of guanidine groups is 1. The fourth-order valence-electron chi connectivity index (χ4n) is 2.46. The molecule has 7 nitrogen and oxygen atoms in total. The SMILES string of the molecule is CCNC(=NCCc1ccc(OC)cc1)NCCn1cnnc1CC.I. The van der Waals surface area contributed by atoms with Gasteiger partial charge in [-0.05, 0) is 31.0 Å². The average molecular weight is 472 g/mol. The Morgan fingerprint density at radius 1 is 1.19 bits per heavy atom. The number of rotatable bonds is 9. The van der Waals surface area contributed by atoms with Crippen molar-refractivity contribution in [2.45, 2.75) is 33.2 Å². The van der Waals surface area contributed by atoms with E-state index in [0.717, 1.165) is 56.6 Å². The van der Waals surface area contributed by atoms with Crippen LogP contribution in [0, 0.1) is 0 Å². The summed E-state index contributed by atoms with van der Waals surface area (Å²) in [5, 5.41) is 14.7. The largest absolute Gasteiger partial charge is 0.497 e. The smallest absolute Gasteiger partial charge is 0.191 e. The summed E-state index contributed by atoms with van der Waals surface area (Å²) in [6.45, 7) is 7.31. The second kappa shape index (κ2) is 12.5. The first-order valence-corrected chi connectivity index (χ1v) is 8.78. The van der Waals surface area contributed by atoms with Crippen LogP contribution in [0.2, 0.25) is 0 Å². The number of halogens is 1. The quantitative estimate of drug-likeness (QED) is 0.333. The minimum atomic E-state index is 0. The first kappa shape index (κ1) is 22.2. The molecule has 0 aliphatic carbocycles. The summed E-state index contributed by atoms with van der Waals surface area (Å²) in [5.41, 5.74) is 1.25. The van der Waals surface area contributed by atoms with Crippen LogP contribution in [0.15, 0.2) is 35.6 Å². The molecule has 1 aromatic carbocycles. The number of aryl methyl sites for hydroxylation is 1. The van der Waals surface area contributed by atoms with Crippen LogP contribution < -0.4 is 15.4 Å². The van der Waals surface area contributed by atoms with E-state index in [-0.39, 0.29) is 24.0 Å². The number of benzene rings is 1. The monoisotopic (exact) mass is 472 g/mol. The molecule has 8 heteroatoms. The van der Waals surface area contributed by atoms with Crippen LogP contribution in [0.1, 0.15) is 25.2 Å². The van der Waals surface area contributed by atoms with Crippen molar-refractivity contribution in [2.24, 2.45) is 4.99 Å². The molecule has 0 bridgehead atoms. The summed E-state index contributed by atoms with van der Waals surface area (Å²) in [7, 11) is 1.68. The molecule has 0 saturated carbocycles. The van der Waals surface area contributed by atoms with Gasteiger partial charge in [-0.25, -0.2) is 0 Å². The van der Waals surface area contributed by atoms with Crippen LogP contribution in [-0.4, -0.2) is 47.5 Å². The van der Waals surface area contributed by atoms with Crippen LogP contribution in [0.5, 0.6) is 5.75 Å². The zero-order valence-corrected chi connectivity index (χ0v) is 18.1. The maximum absolute atomic E-state index is 5.18. The average Bonchev–Trinajstić information content (AvgIpc) is 3.10. The molecule has 0 radical (unpaired) electrons. The maximum atomic E-state index is 5.18. The molecule has 0 amide bonds. The van der Waals surface area contributed by atoms with E-state index in [0.29, 0.717) is 0 Å². The van der Waals surface area contributed by atoms with E-state index >= 15 is 0 Å². The minimum absolute atomic E-state index is 0. The van der Waals surface area contributed by atoms with Gasteiger partial charge in [-0.15, -0.1) is 34.2 Å². The van der Waals surface area contributed by atoms with E-state index in [1.807, 2.05) is 12.1 Å². The first-order valence-electron chi connectivity index (χ1n) is 8.78. The van der Waals surface area contributed by atoms with Crippen molar-refractivity contribution in [3.05, 3.63) is 42.0 Å². The third kappa shape index (κ3) is 7.19. The van der Waals surface area contributed by atoms with Crippen molar-refractivity contribution < 1.29 is 4.74 Å². The van der Waals surface area contributed by atoms with Gasteiger partial charge in [-0.3, -0.25) is 4.99 Å². The van der Waals surface area contributed by atoms with Crippen LogP contribution in [0.3, 0.4) is 0 Å². The predicted molar refractivity (Wildman–Crippen MR) is 115 cm³/mol. The Hall–Kier alpha value is -1.84. The van der Waals surface area contributed by atoms with Crippen molar-refractivity contribution in [1.82, 2.24) is 25.4 Å². The van der Waals surface area contributed by atoms with Crippen molar-refractivity contribution in [1.29, 1.82) is 0 Å². The van der Waals surface area contributed by atoms with Gasteiger partial charge < -0.3 is 19.9 Å². The summed E-state index contributed by atoms with van der Waals surface area (Å²) >= 11 is 0. The number of nitrogens with zero attached hydrogens (tertiary/aromatic N) is 4. The summed E-state index contributed by atoms with van der Waals surface area (Å²) in [6.07, 6.45) is 3.55. The van der Waals surface area contributed by atoms with Gasteiger partial charge in [0.1, 0.15) is 17.9 Å². The number of ether oxygens (including phenoxy) is 1. The standard InChI is InChI=1S/C18H28N6O.HI/c1-4-17-23-22-14-24(17)13-12-21-18(19-5-2)20-11-10-15-6-8-16(25-3)9-7-15;/h6-9,14H,4-5,10-13H2,1-3H3,(H2,19,20,21);1H. The van der Waals surface area contributed by atoms with Crippen molar-refractivity contribution >= 4 is 29.9 Å². The van der Waals surface area contributed by atoms with Crippen LogP contribution in [-0.2, 0) is 19.4 Å². The van der Waals surface area contributed by atoms with Gasteiger partial charge in [0.2, 0.25) is 0 Å². The Morgan fingerprint density at radius 2 is 1.96 bits per heavy atom. The molecule has 0 aliphatic rings. The van der Waals surface area contributed by atoms with Gasteiger partial charge in [0, 0.05) is 32.6 Å². The predicted octanol–water partition coefficient (Wildman–Crippen LogP) is 2.26. The van der Waals surface area contributed by atoms with Gasteiger partial charge in [0.15, 0.2) is 5.96 Å². The number of aromatic nitrogens is 3. The molecule has 0 aliphatic heterocycles. The Balaban J connectivity index is 0.00000338. The Kier molecular flexibility index (Phi) is 10.7. The highest BCUT2D eigenvalue weighted by atomic mass is 127. The highest BCUT2D eigenvalue weighted by molar-refractivity contribution is 14.0. The van der Waals surface area contributed by atoms with Gasteiger partial charge in [0.25, 0.3) is 0 Å². The molecule has 0 fully saturated rings.